The van der Waals surface area contributed by atoms with Crippen molar-refractivity contribution in [3.8, 4) is 0 Å². The quantitative estimate of drug-likeness (QED) is 0.712. The smallest absolute Gasteiger partial charge is 0.0484 e. The molecule has 90 valence electrons. The van der Waals surface area contributed by atoms with E-state index in [9.17, 15) is 0 Å². The van der Waals surface area contributed by atoms with Crippen molar-refractivity contribution in [1.29, 1.82) is 0 Å². The minimum absolute atomic E-state index is 0.962. The van der Waals surface area contributed by atoms with Crippen LogP contribution in [-0.4, -0.2) is 0 Å². The summed E-state index contributed by atoms with van der Waals surface area (Å²) in [6.45, 7) is 5.31. The van der Waals surface area contributed by atoms with Gasteiger partial charge < -0.3 is 4.90 Å². The zero-order valence-electron chi connectivity index (χ0n) is 10.9. The van der Waals surface area contributed by atoms with Crippen LogP contribution in [0.1, 0.15) is 22.3 Å². The van der Waals surface area contributed by atoms with Crippen LogP contribution in [0.25, 0.3) is 6.08 Å². The van der Waals surface area contributed by atoms with E-state index >= 15 is 0 Å². The number of rotatable bonds is 1. The van der Waals surface area contributed by atoms with Crippen LogP contribution in [0.3, 0.4) is 0 Å². The van der Waals surface area contributed by atoms with Gasteiger partial charge in [-0.05, 0) is 48.2 Å². The molecule has 3 rings (SSSR count). The molecule has 0 unspecified atom stereocenters. The normalized spacial score (nSPS) is 13.6. The fourth-order valence-corrected chi connectivity index (χ4v) is 2.54. The molecule has 0 N–H and O–H groups in total. The summed E-state index contributed by atoms with van der Waals surface area (Å²) >= 11 is 0. The molecule has 0 fully saturated rings. The van der Waals surface area contributed by atoms with Gasteiger partial charge in [-0.2, -0.15) is 0 Å². The predicted octanol–water partition coefficient (Wildman–Crippen LogP) is 4.29. The summed E-state index contributed by atoms with van der Waals surface area (Å²) in [5.74, 6) is 0. The maximum absolute atomic E-state index is 2.32. The second-order valence-corrected chi connectivity index (χ2v) is 4.87. The molecule has 1 aliphatic heterocycles. The highest BCUT2D eigenvalue weighted by Gasteiger charge is 2.14. The molecule has 1 nitrogen and oxygen atoms in total. The van der Waals surface area contributed by atoms with Crippen LogP contribution in [0.5, 0.6) is 0 Å². The maximum Gasteiger partial charge on any atom is 0.0484 e. The van der Waals surface area contributed by atoms with Crippen molar-refractivity contribution in [3.63, 3.8) is 0 Å². The minimum Gasteiger partial charge on any atom is -0.343 e. The van der Waals surface area contributed by atoms with Crippen molar-refractivity contribution in [1.82, 2.24) is 0 Å². The molecular weight excluding hydrogens is 218 g/mol. The number of anilines is 1. The monoisotopic (exact) mass is 235 g/mol. The van der Waals surface area contributed by atoms with Crippen LogP contribution in [0.2, 0.25) is 0 Å². The van der Waals surface area contributed by atoms with Gasteiger partial charge in [0.2, 0.25) is 0 Å². The summed E-state index contributed by atoms with van der Waals surface area (Å²) in [6.07, 6.45) is 4.39. The summed E-state index contributed by atoms with van der Waals surface area (Å²) in [5, 5.41) is 0. The zero-order chi connectivity index (χ0) is 12.5. The van der Waals surface area contributed by atoms with Gasteiger partial charge in [-0.3, -0.25) is 0 Å². The number of nitrogens with zero attached hydrogens (tertiary/aromatic N) is 1. The van der Waals surface area contributed by atoms with Gasteiger partial charge in [0.05, 0.1) is 0 Å². The molecule has 0 amide bonds. The van der Waals surface area contributed by atoms with Gasteiger partial charge in [0.1, 0.15) is 0 Å². The molecule has 1 aliphatic rings. The number of benzene rings is 2. The second-order valence-electron chi connectivity index (χ2n) is 4.87. The van der Waals surface area contributed by atoms with Crippen molar-refractivity contribution in [3.05, 3.63) is 70.9 Å². The number of aryl methyl sites for hydroxylation is 2. The lowest BCUT2D eigenvalue weighted by molar-refractivity contribution is 0.937. The molecule has 18 heavy (non-hydrogen) atoms. The first-order valence-corrected chi connectivity index (χ1v) is 6.34. The van der Waals surface area contributed by atoms with E-state index in [4.69, 9.17) is 0 Å². The van der Waals surface area contributed by atoms with Crippen molar-refractivity contribution in [2.45, 2.75) is 20.4 Å². The molecule has 2 aromatic carbocycles. The van der Waals surface area contributed by atoms with Crippen molar-refractivity contribution >= 4 is 11.8 Å². The van der Waals surface area contributed by atoms with Gasteiger partial charge in [-0.1, -0.05) is 36.4 Å². The molecule has 0 spiro atoms. The van der Waals surface area contributed by atoms with Gasteiger partial charge in [-0.15, -0.1) is 0 Å². The van der Waals surface area contributed by atoms with Gasteiger partial charge in [0, 0.05) is 18.4 Å². The zero-order valence-corrected chi connectivity index (χ0v) is 10.9. The Balaban J connectivity index is 2.01. The SMILES string of the molecule is Cc1ccccc1N1C=Cc2cccc(C)c2C1. The van der Waals surface area contributed by atoms with E-state index in [-0.39, 0.29) is 0 Å². The first-order valence-electron chi connectivity index (χ1n) is 6.34. The fourth-order valence-electron chi connectivity index (χ4n) is 2.54. The van der Waals surface area contributed by atoms with E-state index < -0.39 is 0 Å². The third kappa shape index (κ3) is 1.82. The number of hydrogen-bond donors (Lipinski definition) is 0. The highest BCUT2D eigenvalue weighted by molar-refractivity contribution is 5.66. The Bertz CT molecular complexity index is 611. The van der Waals surface area contributed by atoms with E-state index in [2.05, 4.69) is 73.5 Å². The Hall–Kier alpha value is -2.02. The number of fused-ring (bicyclic) bond motifs is 1. The topological polar surface area (TPSA) is 3.24 Å². The third-order valence-corrected chi connectivity index (χ3v) is 3.63. The molecule has 0 radical (unpaired) electrons. The van der Waals surface area contributed by atoms with E-state index in [1.807, 2.05) is 0 Å². The Labute approximate surface area is 108 Å². The van der Waals surface area contributed by atoms with Gasteiger partial charge >= 0.3 is 0 Å². The molecule has 0 atom stereocenters. The first-order chi connectivity index (χ1) is 8.75. The van der Waals surface area contributed by atoms with Gasteiger partial charge in [0.15, 0.2) is 0 Å². The van der Waals surface area contributed by atoms with Crippen molar-refractivity contribution in [2.75, 3.05) is 4.90 Å². The summed E-state index contributed by atoms with van der Waals surface area (Å²) in [6, 6.07) is 15.0. The standard InChI is InChI=1S/C17H17N/c1-13-7-5-8-15-10-11-18(12-16(13)15)17-9-4-3-6-14(17)2/h3-11H,12H2,1-2H3. The number of hydrogen-bond acceptors (Lipinski definition) is 1. The Morgan fingerprint density at radius 3 is 2.50 bits per heavy atom. The molecule has 0 saturated carbocycles. The summed E-state index contributed by atoms with van der Waals surface area (Å²) in [4.78, 5) is 2.32. The molecule has 0 aromatic heterocycles. The minimum atomic E-state index is 0.962. The third-order valence-electron chi connectivity index (χ3n) is 3.63. The highest BCUT2D eigenvalue weighted by Crippen LogP contribution is 2.28. The predicted molar refractivity (Wildman–Crippen MR) is 77.6 cm³/mol. The van der Waals surface area contributed by atoms with E-state index in [1.54, 1.807) is 0 Å². The van der Waals surface area contributed by atoms with E-state index in [0.29, 0.717) is 0 Å². The highest BCUT2D eigenvalue weighted by atomic mass is 15.1. The van der Waals surface area contributed by atoms with Crippen molar-refractivity contribution < 1.29 is 0 Å². The van der Waals surface area contributed by atoms with Crippen LogP contribution >= 0.6 is 0 Å². The van der Waals surface area contributed by atoms with E-state index in [1.165, 1.54) is 27.9 Å². The molecule has 0 aliphatic carbocycles. The molecule has 0 bridgehead atoms. The van der Waals surface area contributed by atoms with Crippen LogP contribution < -0.4 is 4.90 Å². The fraction of sp³-hybridized carbons (Fsp3) is 0.176. The van der Waals surface area contributed by atoms with Crippen LogP contribution in [0, 0.1) is 13.8 Å². The lowest BCUT2D eigenvalue weighted by atomic mass is 9.98. The van der Waals surface area contributed by atoms with Gasteiger partial charge in [0.25, 0.3) is 0 Å². The summed E-state index contributed by atoms with van der Waals surface area (Å²) in [7, 11) is 0. The first kappa shape index (κ1) is 11.1. The molecule has 0 saturated heterocycles. The molecule has 1 heteroatoms. The average molecular weight is 235 g/mol. The molecular formula is C17H17N. The van der Waals surface area contributed by atoms with Gasteiger partial charge in [-0.25, -0.2) is 0 Å². The van der Waals surface area contributed by atoms with Crippen LogP contribution in [-0.2, 0) is 6.54 Å². The van der Waals surface area contributed by atoms with Crippen molar-refractivity contribution in [2.24, 2.45) is 0 Å². The Kier molecular flexibility index (Phi) is 2.67. The molecule has 1 heterocycles. The maximum atomic E-state index is 2.32. The molecule has 2 aromatic rings. The average Bonchev–Trinajstić information content (AvgIpc) is 2.40. The summed E-state index contributed by atoms with van der Waals surface area (Å²) in [5.41, 5.74) is 6.76. The summed E-state index contributed by atoms with van der Waals surface area (Å²) < 4.78 is 0. The van der Waals surface area contributed by atoms with Crippen LogP contribution in [0.15, 0.2) is 48.7 Å². The Morgan fingerprint density at radius 2 is 1.67 bits per heavy atom. The largest absolute Gasteiger partial charge is 0.343 e. The lowest BCUT2D eigenvalue weighted by Crippen LogP contribution is -2.20. The van der Waals surface area contributed by atoms with E-state index in [0.717, 1.165) is 6.54 Å². The van der Waals surface area contributed by atoms with Crippen LogP contribution in [0.4, 0.5) is 5.69 Å². The number of para-hydroxylation sites is 1. The lowest BCUT2D eigenvalue weighted by Gasteiger charge is -2.27. The Morgan fingerprint density at radius 1 is 0.889 bits per heavy atom. The second kappa shape index (κ2) is 4.34.